The highest BCUT2D eigenvalue weighted by molar-refractivity contribution is 5.77. The normalized spacial score (nSPS) is 28.5. The molecule has 1 aliphatic carbocycles. The summed E-state index contributed by atoms with van der Waals surface area (Å²) in [4.78, 5) is 15.9. The Balaban J connectivity index is 2.05. The molecule has 1 saturated carbocycles. The van der Waals surface area contributed by atoms with Gasteiger partial charge < -0.3 is 9.80 Å². The van der Waals surface area contributed by atoms with Crippen molar-refractivity contribution in [3.8, 4) is 0 Å². The van der Waals surface area contributed by atoms with Gasteiger partial charge in [0.1, 0.15) is 0 Å². The van der Waals surface area contributed by atoms with Crippen LogP contribution in [0.25, 0.3) is 0 Å². The molecule has 0 aromatic carbocycles. The molecule has 86 valence electrons. The molecule has 1 atom stereocenters. The summed E-state index contributed by atoms with van der Waals surface area (Å²) in [6.45, 7) is 5.14. The second kappa shape index (κ2) is 4.03. The van der Waals surface area contributed by atoms with Crippen molar-refractivity contribution in [2.75, 3.05) is 13.6 Å². The first-order chi connectivity index (χ1) is 7.11. The fraction of sp³-hybridized carbons (Fsp3) is 0.917. The Labute approximate surface area is 92.4 Å². The van der Waals surface area contributed by atoms with E-state index in [4.69, 9.17) is 0 Å². The number of nitrogens with zero attached hydrogens (tertiary/aromatic N) is 2. The zero-order chi connectivity index (χ0) is 11.0. The second-order valence-corrected chi connectivity index (χ2v) is 5.25. The van der Waals surface area contributed by atoms with E-state index in [0.29, 0.717) is 12.1 Å². The number of hydrogen-bond donors (Lipinski definition) is 0. The molecule has 0 aromatic rings. The van der Waals surface area contributed by atoms with Crippen molar-refractivity contribution in [2.45, 2.75) is 51.6 Å². The van der Waals surface area contributed by atoms with Gasteiger partial charge in [-0.25, -0.2) is 4.79 Å². The van der Waals surface area contributed by atoms with Gasteiger partial charge in [0.15, 0.2) is 0 Å². The number of carbonyl (C=O) groups is 1. The maximum atomic E-state index is 12.0. The lowest BCUT2D eigenvalue weighted by Gasteiger charge is -2.23. The zero-order valence-corrected chi connectivity index (χ0v) is 10.1. The molecule has 1 aliphatic heterocycles. The SMILES string of the molecule is CC(C)N1CC(C2CCCC2)N(C)C1=O. The molecule has 15 heavy (non-hydrogen) atoms. The van der Waals surface area contributed by atoms with Gasteiger partial charge in [-0.3, -0.25) is 0 Å². The van der Waals surface area contributed by atoms with Crippen LogP contribution in [-0.4, -0.2) is 41.5 Å². The van der Waals surface area contributed by atoms with E-state index in [2.05, 4.69) is 13.8 Å². The van der Waals surface area contributed by atoms with E-state index in [0.717, 1.165) is 12.5 Å². The van der Waals surface area contributed by atoms with Gasteiger partial charge in [-0.05, 0) is 32.6 Å². The first-order valence-corrected chi connectivity index (χ1v) is 6.14. The van der Waals surface area contributed by atoms with Crippen molar-refractivity contribution in [3.05, 3.63) is 0 Å². The van der Waals surface area contributed by atoms with Crippen molar-refractivity contribution in [2.24, 2.45) is 5.92 Å². The molecule has 0 radical (unpaired) electrons. The maximum Gasteiger partial charge on any atom is 0.320 e. The molecule has 3 nitrogen and oxygen atoms in total. The summed E-state index contributed by atoms with van der Waals surface area (Å²) in [6.07, 6.45) is 5.33. The lowest BCUT2D eigenvalue weighted by molar-refractivity contribution is 0.184. The minimum Gasteiger partial charge on any atom is -0.323 e. The third-order valence-corrected chi connectivity index (χ3v) is 4.00. The second-order valence-electron chi connectivity index (χ2n) is 5.25. The predicted molar refractivity (Wildman–Crippen MR) is 60.7 cm³/mol. The van der Waals surface area contributed by atoms with Crippen molar-refractivity contribution in [1.82, 2.24) is 9.80 Å². The summed E-state index contributed by atoms with van der Waals surface area (Å²) in [5, 5.41) is 0. The lowest BCUT2D eigenvalue weighted by Crippen LogP contribution is -2.35. The Bertz CT molecular complexity index is 246. The summed E-state index contributed by atoms with van der Waals surface area (Å²) in [7, 11) is 1.97. The third kappa shape index (κ3) is 1.84. The highest BCUT2D eigenvalue weighted by atomic mass is 16.2. The fourth-order valence-electron chi connectivity index (χ4n) is 2.99. The van der Waals surface area contributed by atoms with E-state index in [9.17, 15) is 4.79 Å². The number of likely N-dealkylation sites (N-methyl/N-ethyl adjacent to an activating group) is 1. The molecular weight excluding hydrogens is 188 g/mol. The molecule has 2 aliphatic rings. The fourth-order valence-corrected chi connectivity index (χ4v) is 2.99. The Hall–Kier alpha value is -0.730. The molecule has 0 bridgehead atoms. The van der Waals surface area contributed by atoms with Crippen LogP contribution in [0.3, 0.4) is 0 Å². The first kappa shape index (κ1) is 10.8. The summed E-state index contributed by atoms with van der Waals surface area (Å²) >= 11 is 0. The standard InChI is InChI=1S/C12H22N2O/c1-9(2)14-8-11(13(3)12(14)15)10-6-4-5-7-10/h9-11H,4-8H2,1-3H3. The van der Waals surface area contributed by atoms with Crippen molar-refractivity contribution in [3.63, 3.8) is 0 Å². The predicted octanol–water partition coefficient (Wildman–Crippen LogP) is 2.32. The van der Waals surface area contributed by atoms with Crippen molar-refractivity contribution >= 4 is 6.03 Å². The van der Waals surface area contributed by atoms with Crippen molar-refractivity contribution in [1.29, 1.82) is 0 Å². The largest absolute Gasteiger partial charge is 0.323 e. The molecule has 0 N–H and O–H groups in total. The lowest BCUT2D eigenvalue weighted by atomic mass is 9.98. The van der Waals surface area contributed by atoms with Gasteiger partial charge >= 0.3 is 6.03 Å². The van der Waals surface area contributed by atoms with Gasteiger partial charge in [-0.15, -0.1) is 0 Å². The summed E-state index contributed by atoms with van der Waals surface area (Å²) < 4.78 is 0. The van der Waals surface area contributed by atoms with Crippen LogP contribution < -0.4 is 0 Å². The monoisotopic (exact) mass is 210 g/mol. The summed E-state index contributed by atoms with van der Waals surface area (Å²) in [6, 6.07) is 1.04. The van der Waals surface area contributed by atoms with Gasteiger partial charge in [-0.2, -0.15) is 0 Å². The Morgan fingerprint density at radius 1 is 1.27 bits per heavy atom. The van der Waals surface area contributed by atoms with Crippen LogP contribution in [0.1, 0.15) is 39.5 Å². The molecule has 1 heterocycles. The number of carbonyl (C=O) groups excluding carboxylic acids is 1. The number of amides is 2. The number of rotatable bonds is 2. The van der Waals surface area contributed by atoms with Crippen molar-refractivity contribution < 1.29 is 4.79 Å². The van der Waals surface area contributed by atoms with Gasteiger partial charge in [0.05, 0.1) is 6.04 Å². The highest BCUT2D eigenvalue weighted by Crippen LogP contribution is 2.33. The van der Waals surface area contributed by atoms with E-state index >= 15 is 0 Å². The Morgan fingerprint density at radius 2 is 1.87 bits per heavy atom. The Kier molecular flexibility index (Phi) is 2.89. The summed E-state index contributed by atoms with van der Waals surface area (Å²) in [5.41, 5.74) is 0. The van der Waals surface area contributed by atoms with E-state index in [1.807, 2.05) is 16.8 Å². The molecule has 0 aromatic heterocycles. The molecular formula is C12H22N2O. The minimum atomic E-state index is 0.224. The van der Waals surface area contributed by atoms with Crippen LogP contribution in [0.15, 0.2) is 0 Å². The minimum absolute atomic E-state index is 0.224. The molecule has 2 fully saturated rings. The zero-order valence-electron chi connectivity index (χ0n) is 10.1. The topological polar surface area (TPSA) is 23.6 Å². The molecule has 0 spiro atoms. The van der Waals surface area contributed by atoms with Crippen LogP contribution in [0.4, 0.5) is 4.79 Å². The average molecular weight is 210 g/mol. The number of urea groups is 1. The van der Waals surface area contributed by atoms with Gasteiger partial charge in [0, 0.05) is 19.6 Å². The van der Waals surface area contributed by atoms with Crippen LogP contribution >= 0.6 is 0 Å². The quantitative estimate of drug-likeness (QED) is 0.686. The molecule has 2 amide bonds. The van der Waals surface area contributed by atoms with E-state index < -0.39 is 0 Å². The van der Waals surface area contributed by atoms with E-state index in [1.165, 1.54) is 25.7 Å². The average Bonchev–Trinajstić information content (AvgIpc) is 2.77. The van der Waals surface area contributed by atoms with Crippen LogP contribution in [0.2, 0.25) is 0 Å². The Morgan fingerprint density at radius 3 is 2.33 bits per heavy atom. The molecule has 3 heteroatoms. The first-order valence-electron chi connectivity index (χ1n) is 6.14. The van der Waals surface area contributed by atoms with Crippen LogP contribution in [0, 0.1) is 5.92 Å². The van der Waals surface area contributed by atoms with Gasteiger partial charge in [0.25, 0.3) is 0 Å². The number of hydrogen-bond acceptors (Lipinski definition) is 1. The van der Waals surface area contributed by atoms with Gasteiger partial charge in [-0.1, -0.05) is 12.8 Å². The van der Waals surface area contributed by atoms with Gasteiger partial charge in [0.2, 0.25) is 0 Å². The van der Waals surface area contributed by atoms with E-state index in [1.54, 1.807) is 0 Å². The molecule has 1 saturated heterocycles. The van der Waals surface area contributed by atoms with Crippen LogP contribution in [0.5, 0.6) is 0 Å². The summed E-state index contributed by atoms with van der Waals surface area (Å²) in [5.74, 6) is 0.752. The van der Waals surface area contributed by atoms with Crippen LogP contribution in [-0.2, 0) is 0 Å². The molecule has 1 unspecified atom stereocenters. The highest BCUT2D eigenvalue weighted by Gasteiger charge is 2.40. The maximum absolute atomic E-state index is 12.0. The van der Waals surface area contributed by atoms with E-state index in [-0.39, 0.29) is 6.03 Å². The smallest absolute Gasteiger partial charge is 0.320 e. The third-order valence-electron chi connectivity index (χ3n) is 4.00. The molecule has 2 rings (SSSR count).